The second-order valence-corrected chi connectivity index (χ2v) is 5.88. The SMILES string of the molecule is COc1ccc(S(=O)(=O)CCCCCl)cc1. The molecule has 0 heterocycles. The van der Waals surface area contributed by atoms with Crippen molar-refractivity contribution in [2.75, 3.05) is 18.7 Å². The molecule has 1 aromatic carbocycles. The molecule has 0 bridgehead atoms. The van der Waals surface area contributed by atoms with E-state index in [0.717, 1.165) is 6.42 Å². The lowest BCUT2D eigenvalue weighted by atomic mass is 10.3. The first-order valence-corrected chi connectivity index (χ1v) is 7.21. The quantitative estimate of drug-likeness (QED) is 0.584. The molecule has 0 atom stereocenters. The van der Waals surface area contributed by atoms with Crippen LogP contribution in [0.25, 0.3) is 0 Å². The molecule has 3 nitrogen and oxygen atoms in total. The molecule has 0 amide bonds. The number of methoxy groups -OCH3 is 1. The summed E-state index contributed by atoms with van der Waals surface area (Å²) >= 11 is 5.50. The van der Waals surface area contributed by atoms with Gasteiger partial charge in [0.25, 0.3) is 0 Å². The Morgan fingerprint density at radius 1 is 1.19 bits per heavy atom. The molecule has 5 heteroatoms. The van der Waals surface area contributed by atoms with E-state index in [9.17, 15) is 8.42 Å². The zero-order valence-electron chi connectivity index (χ0n) is 9.15. The zero-order chi connectivity index (χ0) is 12.0. The second kappa shape index (κ2) is 6.11. The van der Waals surface area contributed by atoms with Crippen LogP contribution in [0.1, 0.15) is 12.8 Å². The van der Waals surface area contributed by atoms with Gasteiger partial charge in [0, 0.05) is 5.88 Å². The third kappa shape index (κ3) is 3.68. The summed E-state index contributed by atoms with van der Waals surface area (Å²) in [5.74, 6) is 1.30. The number of hydrogen-bond acceptors (Lipinski definition) is 3. The number of sulfone groups is 1. The van der Waals surface area contributed by atoms with Crippen LogP contribution in [0.4, 0.5) is 0 Å². The Kier molecular flexibility index (Phi) is 5.09. The molecule has 0 N–H and O–H groups in total. The van der Waals surface area contributed by atoms with Crippen molar-refractivity contribution in [1.82, 2.24) is 0 Å². The summed E-state index contributed by atoms with van der Waals surface area (Å²) in [7, 11) is -1.63. The van der Waals surface area contributed by atoms with Crippen molar-refractivity contribution in [3.63, 3.8) is 0 Å². The Labute approximate surface area is 101 Å². The minimum Gasteiger partial charge on any atom is -0.497 e. The Balaban J connectivity index is 2.74. The molecule has 0 saturated heterocycles. The summed E-state index contributed by atoms with van der Waals surface area (Å²) in [6.07, 6.45) is 1.31. The highest BCUT2D eigenvalue weighted by Crippen LogP contribution is 2.17. The lowest BCUT2D eigenvalue weighted by Crippen LogP contribution is -2.06. The molecule has 90 valence electrons. The standard InChI is InChI=1S/C11H15ClO3S/c1-15-10-4-6-11(7-5-10)16(13,14)9-3-2-8-12/h4-7H,2-3,8-9H2,1H3. The monoisotopic (exact) mass is 262 g/mol. The molecule has 16 heavy (non-hydrogen) atoms. The number of alkyl halides is 1. The van der Waals surface area contributed by atoms with Crippen LogP contribution < -0.4 is 4.74 Å². The fraction of sp³-hybridized carbons (Fsp3) is 0.455. The number of hydrogen-bond donors (Lipinski definition) is 0. The Hall–Kier alpha value is -0.740. The molecule has 1 rings (SSSR count). The fourth-order valence-electron chi connectivity index (χ4n) is 1.29. The van der Waals surface area contributed by atoms with E-state index in [1.165, 1.54) is 0 Å². The normalized spacial score (nSPS) is 11.4. The smallest absolute Gasteiger partial charge is 0.178 e. The summed E-state index contributed by atoms with van der Waals surface area (Å²) in [5, 5.41) is 0. The van der Waals surface area contributed by atoms with Crippen LogP contribution in [0, 0.1) is 0 Å². The molecule has 0 aliphatic rings. The average Bonchev–Trinajstić information content (AvgIpc) is 2.29. The van der Waals surface area contributed by atoms with E-state index in [2.05, 4.69) is 0 Å². The molecule has 0 saturated carbocycles. The Morgan fingerprint density at radius 3 is 2.31 bits per heavy atom. The highest BCUT2D eigenvalue weighted by Gasteiger charge is 2.13. The van der Waals surface area contributed by atoms with E-state index in [0.29, 0.717) is 22.9 Å². The van der Waals surface area contributed by atoms with Crippen LogP contribution in [-0.4, -0.2) is 27.2 Å². The molecule has 0 fully saturated rings. The van der Waals surface area contributed by atoms with Crippen LogP contribution in [0.2, 0.25) is 0 Å². The predicted octanol–water partition coefficient (Wildman–Crippen LogP) is 2.49. The predicted molar refractivity (Wildman–Crippen MR) is 65.0 cm³/mol. The van der Waals surface area contributed by atoms with Gasteiger partial charge in [-0.2, -0.15) is 0 Å². The topological polar surface area (TPSA) is 43.4 Å². The molecule has 0 unspecified atom stereocenters. The molecular formula is C11H15ClO3S. The second-order valence-electron chi connectivity index (χ2n) is 3.39. The Morgan fingerprint density at radius 2 is 1.81 bits per heavy atom. The lowest BCUT2D eigenvalue weighted by molar-refractivity contribution is 0.414. The van der Waals surface area contributed by atoms with Gasteiger partial charge in [0.2, 0.25) is 0 Å². The van der Waals surface area contributed by atoms with E-state index in [4.69, 9.17) is 16.3 Å². The van der Waals surface area contributed by atoms with Crippen LogP contribution in [0.5, 0.6) is 5.75 Å². The van der Waals surface area contributed by atoms with E-state index >= 15 is 0 Å². The van der Waals surface area contributed by atoms with Crippen molar-refractivity contribution in [2.45, 2.75) is 17.7 Å². The molecule has 0 aliphatic carbocycles. The van der Waals surface area contributed by atoms with Gasteiger partial charge in [0.15, 0.2) is 9.84 Å². The highest BCUT2D eigenvalue weighted by atomic mass is 35.5. The van der Waals surface area contributed by atoms with Gasteiger partial charge < -0.3 is 4.74 Å². The first-order valence-electron chi connectivity index (χ1n) is 5.03. The first kappa shape index (κ1) is 13.3. The third-order valence-corrected chi connectivity index (χ3v) is 4.30. The van der Waals surface area contributed by atoms with Gasteiger partial charge in [-0.3, -0.25) is 0 Å². The molecule has 1 aromatic rings. The summed E-state index contributed by atoms with van der Waals surface area (Å²) in [6.45, 7) is 0. The van der Waals surface area contributed by atoms with E-state index < -0.39 is 9.84 Å². The summed E-state index contributed by atoms with van der Waals surface area (Å²) < 4.78 is 28.6. The number of rotatable bonds is 6. The van der Waals surface area contributed by atoms with Crippen LogP contribution in [-0.2, 0) is 9.84 Å². The summed E-state index contributed by atoms with van der Waals surface area (Å²) in [6, 6.07) is 6.42. The van der Waals surface area contributed by atoms with Crippen LogP contribution >= 0.6 is 11.6 Å². The minimum absolute atomic E-state index is 0.145. The number of halogens is 1. The van der Waals surface area contributed by atoms with E-state index in [1.54, 1.807) is 31.4 Å². The zero-order valence-corrected chi connectivity index (χ0v) is 10.7. The van der Waals surface area contributed by atoms with Crippen molar-refractivity contribution < 1.29 is 13.2 Å². The van der Waals surface area contributed by atoms with Gasteiger partial charge in [0.05, 0.1) is 17.8 Å². The van der Waals surface area contributed by atoms with Gasteiger partial charge in [-0.1, -0.05) is 0 Å². The average molecular weight is 263 g/mol. The fourth-order valence-corrected chi connectivity index (χ4v) is 2.85. The minimum atomic E-state index is -3.17. The number of benzene rings is 1. The van der Waals surface area contributed by atoms with Crippen molar-refractivity contribution in [2.24, 2.45) is 0 Å². The Bertz CT molecular complexity index is 411. The number of ether oxygens (including phenoxy) is 1. The van der Waals surface area contributed by atoms with E-state index in [-0.39, 0.29) is 5.75 Å². The molecular weight excluding hydrogens is 248 g/mol. The molecule has 0 aliphatic heterocycles. The van der Waals surface area contributed by atoms with Gasteiger partial charge in [-0.25, -0.2) is 8.42 Å². The lowest BCUT2D eigenvalue weighted by Gasteiger charge is -2.04. The highest BCUT2D eigenvalue weighted by molar-refractivity contribution is 7.91. The van der Waals surface area contributed by atoms with Crippen LogP contribution in [0.3, 0.4) is 0 Å². The molecule has 0 aromatic heterocycles. The number of unbranched alkanes of at least 4 members (excludes halogenated alkanes) is 1. The van der Waals surface area contributed by atoms with Crippen molar-refractivity contribution >= 4 is 21.4 Å². The van der Waals surface area contributed by atoms with Gasteiger partial charge in [-0.05, 0) is 37.1 Å². The largest absolute Gasteiger partial charge is 0.497 e. The first-order chi connectivity index (χ1) is 7.60. The molecule has 0 radical (unpaired) electrons. The van der Waals surface area contributed by atoms with Crippen molar-refractivity contribution in [1.29, 1.82) is 0 Å². The maximum absolute atomic E-state index is 11.8. The van der Waals surface area contributed by atoms with Gasteiger partial charge in [0.1, 0.15) is 5.75 Å². The van der Waals surface area contributed by atoms with E-state index in [1.807, 2.05) is 0 Å². The third-order valence-electron chi connectivity index (χ3n) is 2.22. The van der Waals surface area contributed by atoms with Crippen molar-refractivity contribution in [3.8, 4) is 5.75 Å². The summed E-state index contributed by atoms with van der Waals surface area (Å²) in [4.78, 5) is 0.336. The maximum Gasteiger partial charge on any atom is 0.178 e. The maximum atomic E-state index is 11.8. The van der Waals surface area contributed by atoms with Gasteiger partial charge in [-0.15, -0.1) is 11.6 Å². The molecule has 0 spiro atoms. The summed E-state index contributed by atoms with van der Waals surface area (Å²) in [5.41, 5.74) is 0. The van der Waals surface area contributed by atoms with Gasteiger partial charge >= 0.3 is 0 Å². The van der Waals surface area contributed by atoms with Crippen LogP contribution in [0.15, 0.2) is 29.2 Å². The van der Waals surface area contributed by atoms with Crippen molar-refractivity contribution in [3.05, 3.63) is 24.3 Å².